The lowest BCUT2D eigenvalue weighted by Gasteiger charge is -2.30. The molecule has 0 aliphatic carbocycles. The molecule has 1 saturated heterocycles. The molecule has 0 bridgehead atoms. The molecule has 2 heterocycles. The number of benzene rings is 1. The Labute approximate surface area is 171 Å². The first-order valence-corrected chi connectivity index (χ1v) is 10.6. The summed E-state index contributed by atoms with van der Waals surface area (Å²) < 4.78 is 68.6. The molecule has 1 fully saturated rings. The Morgan fingerprint density at radius 1 is 1.17 bits per heavy atom. The Balaban J connectivity index is 1.60. The number of nitrogens with zero attached hydrogens (tertiary/aromatic N) is 2. The topological polar surface area (TPSA) is 88.6 Å². The normalized spacial score (nSPS) is 16.2. The van der Waals surface area contributed by atoms with Crippen molar-refractivity contribution in [1.82, 2.24) is 9.29 Å². The number of piperidine rings is 1. The molecule has 1 amide bonds. The first-order chi connectivity index (χ1) is 14.2. The Bertz CT molecular complexity index is 976. The summed E-state index contributed by atoms with van der Waals surface area (Å²) in [6, 6.07) is 8.85. The van der Waals surface area contributed by atoms with Crippen LogP contribution in [0.5, 0.6) is 5.75 Å². The van der Waals surface area contributed by atoms with E-state index in [1.807, 2.05) is 0 Å². The summed E-state index contributed by atoms with van der Waals surface area (Å²) >= 11 is 0. The second kappa shape index (κ2) is 9.00. The molecule has 162 valence electrons. The van der Waals surface area contributed by atoms with E-state index < -0.39 is 34.6 Å². The number of nitrogens with one attached hydrogen (secondary N) is 1. The molecule has 3 rings (SSSR count). The van der Waals surface area contributed by atoms with E-state index in [1.54, 1.807) is 6.07 Å². The van der Waals surface area contributed by atoms with Gasteiger partial charge in [0.05, 0.1) is 5.69 Å². The number of rotatable bonds is 6. The smallest absolute Gasteiger partial charge is 0.422 e. The van der Waals surface area contributed by atoms with Gasteiger partial charge in [-0.3, -0.25) is 9.78 Å². The van der Waals surface area contributed by atoms with Gasteiger partial charge >= 0.3 is 6.18 Å². The second-order valence-electron chi connectivity index (χ2n) is 6.76. The Morgan fingerprint density at radius 3 is 2.50 bits per heavy atom. The average molecular weight is 443 g/mol. The maximum absolute atomic E-state index is 12.6. The zero-order valence-electron chi connectivity index (χ0n) is 15.8. The number of hydrogen-bond donors (Lipinski definition) is 1. The number of amides is 1. The highest BCUT2D eigenvalue weighted by atomic mass is 32.2. The van der Waals surface area contributed by atoms with Crippen LogP contribution < -0.4 is 10.1 Å². The minimum absolute atomic E-state index is 0.0835. The highest BCUT2D eigenvalue weighted by molar-refractivity contribution is 7.89. The van der Waals surface area contributed by atoms with Crippen molar-refractivity contribution < 1.29 is 31.1 Å². The van der Waals surface area contributed by atoms with Crippen LogP contribution in [-0.2, 0) is 14.8 Å². The molecule has 0 saturated carbocycles. The number of hydrogen-bond acceptors (Lipinski definition) is 5. The van der Waals surface area contributed by atoms with E-state index in [1.165, 1.54) is 47.0 Å². The maximum atomic E-state index is 12.6. The Kier molecular flexibility index (Phi) is 6.61. The summed E-state index contributed by atoms with van der Waals surface area (Å²) in [5.41, 5.74) is 0.136. The maximum Gasteiger partial charge on any atom is 0.422 e. The lowest BCUT2D eigenvalue weighted by molar-refractivity contribution is -0.153. The summed E-state index contributed by atoms with van der Waals surface area (Å²) in [7, 11) is -3.69. The van der Waals surface area contributed by atoms with Crippen molar-refractivity contribution in [3.8, 4) is 5.75 Å². The van der Waals surface area contributed by atoms with Crippen molar-refractivity contribution in [1.29, 1.82) is 0 Å². The lowest BCUT2D eigenvalue weighted by Crippen LogP contribution is -2.41. The van der Waals surface area contributed by atoms with Crippen LogP contribution in [0.15, 0.2) is 53.7 Å². The zero-order valence-corrected chi connectivity index (χ0v) is 16.6. The predicted octanol–water partition coefficient (Wildman–Crippen LogP) is 3.06. The van der Waals surface area contributed by atoms with Crippen LogP contribution in [0.25, 0.3) is 0 Å². The Hall–Kier alpha value is -2.66. The third-order valence-corrected chi connectivity index (χ3v) is 6.52. The molecule has 0 spiro atoms. The van der Waals surface area contributed by atoms with Crippen LogP contribution in [0.4, 0.5) is 18.9 Å². The Morgan fingerprint density at radius 2 is 1.87 bits per heavy atom. The number of para-hydroxylation sites is 2. The molecule has 2 aromatic rings. The summed E-state index contributed by atoms with van der Waals surface area (Å²) in [5, 5.41) is 2.59. The van der Waals surface area contributed by atoms with E-state index >= 15 is 0 Å². The number of carbonyl (C=O) groups is 1. The molecule has 1 aliphatic heterocycles. The summed E-state index contributed by atoms with van der Waals surface area (Å²) in [6.07, 6.45) is -1.17. The van der Waals surface area contributed by atoms with Gasteiger partial charge in [0.2, 0.25) is 15.9 Å². The lowest BCUT2D eigenvalue weighted by atomic mass is 9.97. The fourth-order valence-electron chi connectivity index (χ4n) is 3.10. The van der Waals surface area contributed by atoms with Crippen LogP contribution >= 0.6 is 0 Å². The molecule has 11 heteroatoms. The minimum Gasteiger partial charge on any atom is -0.482 e. The van der Waals surface area contributed by atoms with Crippen molar-refractivity contribution in [3.63, 3.8) is 0 Å². The second-order valence-corrected chi connectivity index (χ2v) is 8.69. The number of ether oxygens (including phenoxy) is 1. The number of sulfonamides is 1. The zero-order chi connectivity index (χ0) is 21.8. The van der Waals surface area contributed by atoms with Gasteiger partial charge in [0.15, 0.2) is 6.61 Å². The monoisotopic (exact) mass is 443 g/mol. The van der Waals surface area contributed by atoms with Crippen molar-refractivity contribution in [2.75, 3.05) is 25.0 Å². The third kappa shape index (κ3) is 5.48. The number of alkyl halides is 3. The average Bonchev–Trinajstić information content (AvgIpc) is 2.73. The largest absolute Gasteiger partial charge is 0.482 e. The van der Waals surface area contributed by atoms with Gasteiger partial charge in [-0.05, 0) is 37.1 Å². The fraction of sp³-hybridized carbons (Fsp3) is 0.368. The highest BCUT2D eigenvalue weighted by Crippen LogP contribution is 2.29. The standard InChI is InChI=1S/C19H20F3N3O4S/c20-19(21,22)13-29-17-6-2-1-5-16(17)24-18(26)14-7-10-25(11-8-14)30(27,28)15-4-3-9-23-12-15/h1-6,9,12,14H,7-8,10-11,13H2,(H,24,26). The minimum atomic E-state index is -4.50. The molecule has 0 radical (unpaired) electrons. The number of anilines is 1. The van der Waals surface area contributed by atoms with Gasteiger partial charge in [-0.2, -0.15) is 17.5 Å². The van der Waals surface area contributed by atoms with Gasteiger partial charge in [-0.1, -0.05) is 12.1 Å². The van der Waals surface area contributed by atoms with E-state index in [4.69, 9.17) is 4.74 Å². The predicted molar refractivity (Wildman–Crippen MR) is 102 cm³/mol. The number of aromatic nitrogens is 1. The first-order valence-electron chi connectivity index (χ1n) is 9.16. The van der Waals surface area contributed by atoms with Gasteiger partial charge in [0, 0.05) is 31.4 Å². The molecule has 7 nitrogen and oxygen atoms in total. The molecule has 1 aromatic carbocycles. The van der Waals surface area contributed by atoms with Crippen LogP contribution in [0.2, 0.25) is 0 Å². The summed E-state index contributed by atoms with van der Waals surface area (Å²) in [4.78, 5) is 16.5. The molecular formula is C19H20F3N3O4S. The van der Waals surface area contributed by atoms with E-state index in [2.05, 4.69) is 10.3 Å². The molecular weight excluding hydrogens is 423 g/mol. The van der Waals surface area contributed by atoms with E-state index in [-0.39, 0.29) is 42.3 Å². The molecule has 1 aliphatic rings. The van der Waals surface area contributed by atoms with E-state index in [0.29, 0.717) is 0 Å². The number of halogens is 3. The molecule has 1 N–H and O–H groups in total. The van der Waals surface area contributed by atoms with Crippen LogP contribution in [0.1, 0.15) is 12.8 Å². The molecule has 0 unspecified atom stereocenters. The van der Waals surface area contributed by atoms with Gasteiger partial charge in [0.25, 0.3) is 0 Å². The van der Waals surface area contributed by atoms with E-state index in [0.717, 1.165) is 0 Å². The van der Waals surface area contributed by atoms with Crippen molar-refractivity contribution in [3.05, 3.63) is 48.8 Å². The summed E-state index contributed by atoms with van der Waals surface area (Å²) in [5.74, 6) is -0.947. The van der Waals surface area contributed by atoms with Crippen LogP contribution in [0, 0.1) is 5.92 Å². The quantitative estimate of drug-likeness (QED) is 0.741. The number of carbonyl (C=O) groups excluding carboxylic acids is 1. The SMILES string of the molecule is O=C(Nc1ccccc1OCC(F)(F)F)C1CCN(S(=O)(=O)c2cccnc2)CC1. The van der Waals surface area contributed by atoms with Gasteiger partial charge in [-0.25, -0.2) is 8.42 Å². The van der Waals surface area contributed by atoms with E-state index in [9.17, 15) is 26.4 Å². The van der Waals surface area contributed by atoms with Crippen molar-refractivity contribution in [2.24, 2.45) is 5.92 Å². The van der Waals surface area contributed by atoms with Crippen molar-refractivity contribution in [2.45, 2.75) is 23.9 Å². The molecule has 1 aromatic heterocycles. The molecule has 30 heavy (non-hydrogen) atoms. The van der Waals surface area contributed by atoms with Gasteiger partial charge < -0.3 is 10.1 Å². The fourth-order valence-corrected chi connectivity index (χ4v) is 4.53. The molecule has 0 atom stereocenters. The third-order valence-electron chi connectivity index (χ3n) is 4.63. The summed E-state index contributed by atoms with van der Waals surface area (Å²) in [6.45, 7) is -1.16. The number of pyridine rings is 1. The van der Waals surface area contributed by atoms with Gasteiger partial charge in [0.1, 0.15) is 10.6 Å². The van der Waals surface area contributed by atoms with Crippen LogP contribution in [0.3, 0.4) is 0 Å². The van der Waals surface area contributed by atoms with Crippen molar-refractivity contribution >= 4 is 21.6 Å². The highest BCUT2D eigenvalue weighted by Gasteiger charge is 2.33. The van der Waals surface area contributed by atoms with Gasteiger partial charge in [-0.15, -0.1) is 0 Å². The first kappa shape index (κ1) is 22.0. The van der Waals surface area contributed by atoms with Crippen LogP contribution in [-0.4, -0.2) is 49.5 Å².